The molecule has 0 radical (unpaired) electrons. The molecule has 1 aliphatic rings. The number of hydrogen-bond acceptors (Lipinski definition) is 3. The van der Waals surface area contributed by atoms with Crippen molar-refractivity contribution in [3.8, 4) is 0 Å². The molecule has 2 amide bonds. The average Bonchev–Trinajstić information content (AvgIpc) is 2.91. The van der Waals surface area contributed by atoms with Crippen molar-refractivity contribution in [2.24, 2.45) is 5.92 Å². The fraction of sp³-hybridized carbons (Fsp3) is 0.467. The van der Waals surface area contributed by atoms with Gasteiger partial charge in [-0.1, -0.05) is 0 Å². The van der Waals surface area contributed by atoms with Gasteiger partial charge in [0.05, 0.1) is 5.56 Å². The highest BCUT2D eigenvalue weighted by Gasteiger charge is 2.25. The average molecular weight is 292 g/mol. The van der Waals surface area contributed by atoms with Crippen LogP contribution in [0.4, 0.5) is 10.5 Å². The second-order valence-corrected chi connectivity index (χ2v) is 5.48. The molecular formula is C15H20N2O4. The molecule has 6 heteroatoms. The van der Waals surface area contributed by atoms with E-state index in [0.717, 1.165) is 12.0 Å². The molecule has 1 saturated heterocycles. The minimum atomic E-state index is -1.01. The lowest BCUT2D eigenvalue weighted by molar-refractivity contribution is 0.0696. The molecule has 1 unspecified atom stereocenters. The third kappa shape index (κ3) is 3.33. The number of aromatic carboxylic acids is 1. The highest BCUT2D eigenvalue weighted by atomic mass is 16.4. The van der Waals surface area contributed by atoms with Crippen molar-refractivity contribution < 1.29 is 19.8 Å². The van der Waals surface area contributed by atoms with Gasteiger partial charge in [-0.15, -0.1) is 0 Å². The van der Waals surface area contributed by atoms with Crippen molar-refractivity contribution in [3.05, 3.63) is 28.8 Å². The Hall–Kier alpha value is -2.08. The Kier molecular flexibility index (Phi) is 4.47. The van der Waals surface area contributed by atoms with Crippen LogP contribution in [0.1, 0.15) is 27.9 Å². The molecule has 1 aromatic rings. The molecule has 0 spiro atoms. The van der Waals surface area contributed by atoms with Crippen molar-refractivity contribution in [2.45, 2.75) is 20.3 Å². The van der Waals surface area contributed by atoms with Crippen LogP contribution in [-0.4, -0.2) is 46.8 Å². The second kappa shape index (κ2) is 6.13. The highest BCUT2D eigenvalue weighted by Crippen LogP contribution is 2.22. The van der Waals surface area contributed by atoms with Crippen LogP contribution in [0.2, 0.25) is 0 Å². The monoisotopic (exact) mass is 292 g/mol. The lowest BCUT2D eigenvalue weighted by Crippen LogP contribution is -2.33. The van der Waals surface area contributed by atoms with E-state index < -0.39 is 5.97 Å². The third-order valence-electron chi connectivity index (χ3n) is 3.98. The van der Waals surface area contributed by atoms with Gasteiger partial charge in [0.2, 0.25) is 0 Å². The summed E-state index contributed by atoms with van der Waals surface area (Å²) >= 11 is 0. The first-order valence-corrected chi connectivity index (χ1v) is 6.93. The number of carbonyl (C=O) groups is 2. The van der Waals surface area contributed by atoms with Crippen LogP contribution in [0.3, 0.4) is 0 Å². The van der Waals surface area contributed by atoms with E-state index in [1.807, 2.05) is 6.92 Å². The molecule has 1 aromatic carbocycles. The standard InChI is InChI=1S/C15H20N2O4/c1-9-5-12(6-13(10(9)2)14(19)20)16-15(21)17-4-3-11(7-17)8-18/h5-6,11,18H,3-4,7-8H2,1-2H3,(H,16,21)(H,19,20). The van der Waals surface area contributed by atoms with E-state index in [4.69, 9.17) is 5.11 Å². The molecule has 0 aromatic heterocycles. The summed E-state index contributed by atoms with van der Waals surface area (Å²) in [7, 11) is 0. The molecular weight excluding hydrogens is 272 g/mol. The highest BCUT2D eigenvalue weighted by molar-refractivity contribution is 5.94. The first-order valence-electron chi connectivity index (χ1n) is 6.93. The number of benzene rings is 1. The number of hydrogen-bond donors (Lipinski definition) is 3. The SMILES string of the molecule is Cc1cc(NC(=O)N2CCC(CO)C2)cc(C(=O)O)c1C. The molecule has 1 aliphatic heterocycles. The van der Waals surface area contributed by atoms with Gasteiger partial charge in [-0.25, -0.2) is 9.59 Å². The number of carbonyl (C=O) groups excluding carboxylic acids is 1. The first kappa shape index (κ1) is 15.3. The van der Waals surface area contributed by atoms with Gasteiger partial charge < -0.3 is 20.4 Å². The Balaban J connectivity index is 2.13. The second-order valence-electron chi connectivity index (χ2n) is 5.48. The van der Waals surface area contributed by atoms with E-state index in [1.54, 1.807) is 17.9 Å². The third-order valence-corrected chi connectivity index (χ3v) is 3.98. The maximum absolute atomic E-state index is 12.1. The molecule has 2 rings (SSSR count). The van der Waals surface area contributed by atoms with Crippen LogP contribution < -0.4 is 5.32 Å². The van der Waals surface area contributed by atoms with E-state index in [-0.39, 0.29) is 24.1 Å². The van der Waals surface area contributed by atoms with E-state index in [1.165, 1.54) is 6.07 Å². The minimum absolute atomic E-state index is 0.0799. The van der Waals surface area contributed by atoms with Crippen LogP contribution in [0.25, 0.3) is 0 Å². The summed E-state index contributed by atoms with van der Waals surface area (Å²) in [6, 6.07) is 2.98. The lowest BCUT2D eigenvalue weighted by atomic mass is 10.0. The van der Waals surface area contributed by atoms with E-state index in [0.29, 0.717) is 24.3 Å². The predicted octanol–water partition coefficient (Wildman–Crippen LogP) is 1.85. The number of aliphatic hydroxyl groups is 1. The summed E-state index contributed by atoms with van der Waals surface area (Å²) < 4.78 is 0. The van der Waals surface area contributed by atoms with Crippen molar-refractivity contribution in [1.29, 1.82) is 0 Å². The number of likely N-dealkylation sites (tertiary alicyclic amines) is 1. The molecule has 1 atom stereocenters. The number of rotatable bonds is 3. The Bertz CT molecular complexity index is 571. The van der Waals surface area contributed by atoms with E-state index in [2.05, 4.69) is 5.32 Å². The minimum Gasteiger partial charge on any atom is -0.478 e. The molecule has 0 saturated carbocycles. The maximum atomic E-state index is 12.1. The molecule has 0 bridgehead atoms. The molecule has 1 fully saturated rings. The van der Waals surface area contributed by atoms with Gasteiger partial charge in [0.1, 0.15) is 0 Å². The summed E-state index contributed by atoms with van der Waals surface area (Å²) in [5.41, 5.74) is 2.19. The van der Waals surface area contributed by atoms with Gasteiger partial charge >= 0.3 is 12.0 Å². The van der Waals surface area contributed by atoms with Gasteiger partial charge in [-0.2, -0.15) is 0 Å². The zero-order chi connectivity index (χ0) is 15.6. The molecule has 21 heavy (non-hydrogen) atoms. The summed E-state index contributed by atoms with van der Waals surface area (Å²) in [5.74, 6) is -0.877. The van der Waals surface area contributed by atoms with Crippen LogP contribution in [0.15, 0.2) is 12.1 Å². The number of nitrogens with zero attached hydrogens (tertiary/aromatic N) is 1. The van der Waals surface area contributed by atoms with Crippen molar-refractivity contribution in [3.63, 3.8) is 0 Å². The maximum Gasteiger partial charge on any atom is 0.336 e. The topological polar surface area (TPSA) is 89.9 Å². The number of aliphatic hydroxyl groups excluding tert-OH is 1. The van der Waals surface area contributed by atoms with Crippen molar-refractivity contribution in [2.75, 3.05) is 25.0 Å². The lowest BCUT2D eigenvalue weighted by Gasteiger charge is -2.18. The van der Waals surface area contributed by atoms with Crippen LogP contribution >= 0.6 is 0 Å². The summed E-state index contributed by atoms with van der Waals surface area (Å²) in [6.07, 6.45) is 0.789. The molecule has 6 nitrogen and oxygen atoms in total. The summed E-state index contributed by atoms with van der Waals surface area (Å²) in [5, 5.41) is 21.0. The number of anilines is 1. The zero-order valence-electron chi connectivity index (χ0n) is 12.2. The quantitative estimate of drug-likeness (QED) is 0.793. The Morgan fingerprint density at radius 3 is 2.67 bits per heavy atom. The Morgan fingerprint density at radius 2 is 2.10 bits per heavy atom. The summed E-state index contributed by atoms with van der Waals surface area (Å²) in [6.45, 7) is 4.77. The van der Waals surface area contributed by atoms with Crippen molar-refractivity contribution in [1.82, 2.24) is 4.90 Å². The van der Waals surface area contributed by atoms with Gasteiger partial charge in [0.25, 0.3) is 0 Å². The van der Waals surface area contributed by atoms with Gasteiger partial charge in [0.15, 0.2) is 0 Å². The van der Waals surface area contributed by atoms with Crippen LogP contribution in [0.5, 0.6) is 0 Å². The van der Waals surface area contributed by atoms with Gasteiger partial charge in [-0.3, -0.25) is 0 Å². The molecule has 3 N–H and O–H groups in total. The molecule has 1 heterocycles. The van der Waals surface area contributed by atoms with E-state index >= 15 is 0 Å². The van der Waals surface area contributed by atoms with Gasteiger partial charge in [0, 0.05) is 31.3 Å². The number of carboxylic acids is 1. The zero-order valence-corrected chi connectivity index (χ0v) is 12.2. The predicted molar refractivity (Wildman–Crippen MR) is 78.7 cm³/mol. The number of nitrogens with one attached hydrogen (secondary N) is 1. The number of aryl methyl sites for hydroxylation is 1. The first-order chi connectivity index (χ1) is 9.92. The van der Waals surface area contributed by atoms with Crippen LogP contribution in [-0.2, 0) is 0 Å². The number of urea groups is 1. The normalized spacial score (nSPS) is 17.9. The number of amides is 2. The van der Waals surface area contributed by atoms with Crippen molar-refractivity contribution >= 4 is 17.7 Å². The summed E-state index contributed by atoms with van der Waals surface area (Å²) in [4.78, 5) is 25.0. The molecule has 0 aliphatic carbocycles. The van der Waals surface area contributed by atoms with Crippen LogP contribution in [0, 0.1) is 19.8 Å². The smallest absolute Gasteiger partial charge is 0.336 e. The molecule has 114 valence electrons. The fourth-order valence-corrected chi connectivity index (χ4v) is 2.52. The Labute approximate surface area is 123 Å². The fourth-order valence-electron chi connectivity index (χ4n) is 2.52. The number of carboxylic acid groups (broad SMARTS) is 1. The largest absolute Gasteiger partial charge is 0.478 e. The van der Waals surface area contributed by atoms with Gasteiger partial charge in [-0.05, 0) is 43.5 Å². The Morgan fingerprint density at radius 1 is 1.38 bits per heavy atom. The van der Waals surface area contributed by atoms with E-state index in [9.17, 15) is 14.7 Å².